The minimum absolute atomic E-state index is 0.0347. The Kier molecular flexibility index (Phi) is 8.46. The van der Waals surface area contributed by atoms with Crippen molar-refractivity contribution in [1.82, 2.24) is 0 Å². The lowest BCUT2D eigenvalue weighted by Crippen LogP contribution is -2.16. The van der Waals surface area contributed by atoms with Gasteiger partial charge < -0.3 is 10.2 Å². The lowest BCUT2D eigenvalue weighted by Gasteiger charge is -2.14. The van der Waals surface area contributed by atoms with Gasteiger partial charge in [0, 0.05) is 11.3 Å². The number of benzene rings is 2. The van der Waals surface area contributed by atoms with E-state index in [-0.39, 0.29) is 16.7 Å². The van der Waals surface area contributed by atoms with E-state index in [1.807, 2.05) is 43.3 Å². The van der Waals surface area contributed by atoms with Crippen molar-refractivity contribution in [3.05, 3.63) is 53.6 Å². The van der Waals surface area contributed by atoms with Gasteiger partial charge >= 0.3 is 6.18 Å². The van der Waals surface area contributed by atoms with E-state index in [4.69, 9.17) is 0 Å². The van der Waals surface area contributed by atoms with E-state index in [0.29, 0.717) is 5.69 Å². The lowest BCUT2D eigenvalue weighted by molar-refractivity contribution is -0.118. The Hall–Kier alpha value is -2.81. The zero-order valence-electron chi connectivity index (χ0n) is 16.8. The normalized spacial score (nSPS) is 12.3. The van der Waals surface area contributed by atoms with E-state index in [9.17, 15) is 18.0 Å². The van der Waals surface area contributed by atoms with Crippen LogP contribution in [0.3, 0.4) is 0 Å². The predicted molar refractivity (Wildman–Crippen MR) is 116 cm³/mol. The maximum Gasteiger partial charge on any atom is 0.407 e. The first-order valence-corrected chi connectivity index (χ1v) is 9.95. The van der Waals surface area contributed by atoms with Crippen molar-refractivity contribution >= 4 is 34.6 Å². The minimum Gasteiger partial charge on any atom is -0.399 e. The fourth-order valence-electron chi connectivity index (χ4n) is 2.61. The number of alkyl halides is 3. The number of oxime groups is 1. The van der Waals surface area contributed by atoms with Crippen LogP contribution in [0.15, 0.2) is 52.6 Å². The maximum atomic E-state index is 12.3. The number of carbonyl (C=O) groups is 1. The Labute approximate surface area is 177 Å². The van der Waals surface area contributed by atoms with Crippen molar-refractivity contribution in [3.63, 3.8) is 0 Å². The molecule has 0 saturated heterocycles. The van der Waals surface area contributed by atoms with Gasteiger partial charge in [-0.05, 0) is 36.6 Å². The van der Waals surface area contributed by atoms with Crippen molar-refractivity contribution in [2.24, 2.45) is 10.1 Å². The first kappa shape index (κ1) is 23.5. The zero-order chi connectivity index (χ0) is 22.1. The largest absolute Gasteiger partial charge is 0.407 e. The van der Waals surface area contributed by atoms with E-state index in [2.05, 4.69) is 20.3 Å². The van der Waals surface area contributed by atoms with E-state index < -0.39 is 12.7 Å². The number of amides is 1. The Bertz CT molecular complexity index is 926. The molecule has 2 aromatic carbocycles. The van der Waals surface area contributed by atoms with Crippen LogP contribution in [0.5, 0.6) is 0 Å². The van der Waals surface area contributed by atoms with Gasteiger partial charge in [0.1, 0.15) is 13.7 Å². The summed E-state index contributed by atoms with van der Waals surface area (Å²) in [5.41, 5.74) is 4.25. The highest BCUT2D eigenvalue weighted by atomic mass is 32.2. The molecule has 0 saturated carbocycles. The molecule has 9 heteroatoms. The molecule has 1 amide bonds. The fourth-order valence-corrected chi connectivity index (χ4v) is 3.18. The standard InChI is InChI=1S/C21H22F3N3O2S/c1-14-5-4-6-18(20(14)17-9-7-16(8-10-17)11-26-29-3)27-19(28)12-30-15(2)25-13-21(22,23)24/h4-11H,12-13H2,1-3H3,(H,27,28)/b25-15?,26-11+. The third-order valence-corrected chi connectivity index (χ3v) is 4.90. The molecule has 0 unspecified atom stereocenters. The van der Waals surface area contributed by atoms with Crippen LogP contribution in [0.4, 0.5) is 18.9 Å². The molecule has 160 valence electrons. The van der Waals surface area contributed by atoms with Gasteiger partial charge in [-0.2, -0.15) is 13.2 Å². The average Bonchev–Trinajstić information content (AvgIpc) is 2.69. The van der Waals surface area contributed by atoms with E-state index in [1.165, 1.54) is 14.0 Å². The predicted octanol–water partition coefficient (Wildman–Crippen LogP) is 5.29. The molecule has 2 rings (SSSR count). The van der Waals surface area contributed by atoms with Gasteiger partial charge in [0.2, 0.25) is 5.91 Å². The Morgan fingerprint density at radius 3 is 2.53 bits per heavy atom. The number of carbonyl (C=O) groups excluding carboxylic acids is 1. The van der Waals surface area contributed by atoms with Gasteiger partial charge in [0.05, 0.1) is 17.0 Å². The van der Waals surface area contributed by atoms with Crippen LogP contribution < -0.4 is 5.32 Å². The van der Waals surface area contributed by atoms with Gasteiger partial charge in [-0.25, -0.2) is 0 Å². The molecule has 0 radical (unpaired) electrons. The van der Waals surface area contributed by atoms with Crippen molar-refractivity contribution in [2.75, 3.05) is 24.7 Å². The third-order valence-electron chi connectivity index (χ3n) is 3.95. The average molecular weight is 437 g/mol. The highest BCUT2D eigenvalue weighted by molar-refractivity contribution is 8.14. The highest BCUT2D eigenvalue weighted by Crippen LogP contribution is 2.31. The van der Waals surface area contributed by atoms with Gasteiger partial charge in [-0.1, -0.05) is 41.6 Å². The molecule has 0 aliphatic rings. The maximum absolute atomic E-state index is 12.3. The van der Waals surface area contributed by atoms with Crippen LogP contribution in [-0.2, 0) is 9.63 Å². The van der Waals surface area contributed by atoms with E-state index in [0.717, 1.165) is 34.0 Å². The quantitative estimate of drug-likeness (QED) is 0.363. The van der Waals surface area contributed by atoms with Crippen molar-refractivity contribution in [2.45, 2.75) is 20.0 Å². The molecule has 0 aliphatic carbocycles. The highest BCUT2D eigenvalue weighted by Gasteiger charge is 2.26. The summed E-state index contributed by atoms with van der Waals surface area (Å²) >= 11 is 0.971. The smallest absolute Gasteiger partial charge is 0.399 e. The Morgan fingerprint density at radius 2 is 1.90 bits per heavy atom. The third kappa shape index (κ3) is 7.55. The van der Waals surface area contributed by atoms with Gasteiger partial charge in [-0.3, -0.25) is 9.79 Å². The second-order valence-corrected chi connectivity index (χ2v) is 7.49. The monoisotopic (exact) mass is 437 g/mol. The molecule has 0 spiro atoms. The summed E-state index contributed by atoms with van der Waals surface area (Å²) in [5.74, 6) is -0.357. The number of hydrogen-bond acceptors (Lipinski definition) is 5. The van der Waals surface area contributed by atoms with Crippen molar-refractivity contribution in [3.8, 4) is 11.1 Å². The second kappa shape index (κ2) is 10.8. The molecular weight excluding hydrogens is 415 g/mol. The molecular formula is C21H22F3N3O2S. The van der Waals surface area contributed by atoms with Gasteiger partial charge in [0.25, 0.3) is 0 Å². The molecule has 30 heavy (non-hydrogen) atoms. The molecule has 0 atom stereocenters. The Balaban J connectivity index is 2.11. The first-order chi connectivity index (χ1) is 14.2. The second-order valence-electron chi connectivity index (χ2n) is 6.32. The summed E-state index contributed by atoms with van der Waals surface area (Å²) in [6.07, 6.45) is -2.77. The van der Waals surface area contributed by atoms with Crippen molar-refractivity contribution < 1.29 is 22.8 Å². The van der Waals surface area contributed by atoms with Crippen LogP contribution in [0.25, 0.3) is 11.1 Å². The first-order valence-electron chi connectivity index (χ1n) is 8.96. The summed E-state index contributed by atoms with van der Waals surface area (Å²) in [7, 11) is 1.47. The topological polar surface area (TPSA) is 63.0 Å². The number of thioether (sulfide) groups is 1. The minimum atomic E-state index is -4.36. The van der Waals surface area contributed by atoms with E-state index in [1.54, 1.807) is 12.3 Å². The number of nitrogens with zero attached hydrogens (tertiary/aromatic N) is 2. The number of halogens is 3. The molecule has 5 nitrogen and oxygen atoms in total. The van der Waals surface area contributed by atoms with Crippen LogP contribution in [0, 0.1) is 6.92 Å². The molecule has 0 bridgehead atoms. The van der Waals surface area contributed by atoms with Crippen LogP contribution in [0.1, 0.15) is 18.1 Å². The molecule has 2 aromatic rings. The Morgan fingerprint density at radius 1 is 1.20 bits per heavy atom. The molecule has 0 fully saturated rings. The molecule has 0 aromatic heterocycles. The number of aliphatic imine (C=N–C) groups is 1. The number of aryl methyl sites for hydroxylation is 1. The molecule has 1 N–H and O–H groups in total. The van der Waals surface area contributed by atoms with Crippen LogP contribution >= 0.6 is 11.8 Å². The van der Waals surface area contributed by atoms with E-state index >= 15 is 0 Å². The van der Waals surface area contributed by atoms with Crippen LogP contribution in [0.2, 0.25) is 0 Å². The number of nitrogens with one attached hydrogen (secondary N) is 1. The lowest BCUT2D eigenvalue weighted by atomic mass is 9.97. The molecule has 0 aliphatic heterocycles. The summed E-state index contributed by atoms with van der Waals surface area (Å²) in [6.45, 7) is 2.14. The van der Waals surface area contributed by atoms with Crippen LogP contribution in [-0.4, -0.2) is 42.7 Å². The summed E-state index contributed by atoms with van der Waals surface area (Å²) in [6, 6.07) is 13.1. The van der Waals surface area contributed by atoms with Crippen molar-refractivity contribution in [1.29, 1.82) is 0 Å². The summed E-state index contributed by atoms with van der Waals surface area (Å²) in [4.78, 5) is 20.5. The van der Waals surface area contributed by atoms with Gasteiger partial charge in [0.15, 0.2) is 0 Å². The zero-order valence-corrected chi connectivity index (χ0v) is 17.6. The number of rotatable bonds is 7. The summed E-state index contributed by atoms with van der Waals surface area (Å²) < 4.78 is 36.7. The molecule has 0 heterocycles. The summed E-state index contributed by atoms with van der Waals surface area (Å²) in [5, 5.41) is 6.78. The SMILES string of the molecule is CO/N=C/c1ccc(-c2c(C)cccc2NC(=O)CSC(C)=NCC(F)(F)F)cc1. The van der Waals surface area contributed by atoms with Gasteiger partial charge in [-0.15, -0.1) is 11.8 Å². The fraction of sp³-hybridized carbons (Fsp3) is 0.286. The number of anilines is 1. The number of hydrogen-bond donors (Lipinski definition) is 1.